The van der Waals surface area contributed by atoms with Gasteiger partial charge in [-0.1, -0.05) is 12.1 Å². The Hall–Kier alpha value is -2.23. The second-order valence-corrected chi connectivity index (χ2v) is 3.95. The fourth-order valence-electron chi connectivity index (χ4n) is 1.74. The van der Waals surface area contributed by atoms with Crippen molar-refractivity contribution in [3.63, 3.8) is 0 Å². The van der Waals surface area contributed by atoms with E-state index in [1.165, 1.54) is 37.3 Å². The molecule has 1 N–H and O–H groups in total. The van der Waals surface area contributed by atoms with E-state index in [1.54, 1.807) is 6.07 Å². The predicted octanol–water partition coefficient (Wildman–Crippen LogP) is 3.64. The van der Waals surface area contributed by atoms with Crippen molar-refractivity contribution in [1.29, 1.82) is 0 Å². The molecule has 4 heteroatoms. The van der Waals surface area contributed by atoms with E-state index in [0.29, 0.717) is 11.1 Å². The van der Waals surface area contributed by atoms with Crippen LogP contribution in [0.1, 0.15) is 15.9 Å². The molecule has 2 rings (SSSR count). The molecule has 0 amide bonds. The van der Waals surface area contributed by atoms with E-state index in [2.05, 4.69) is 0 Å². The zero-order valence-corrected chi connectivity index (χ0v) is 9.58. The first-order valence-corrected chi connectivity index (χ1v) is 5.28. The normalized spacial score (nSPS) is 10.4. The summed E-state index contributed by atoms with van der Waals surface area (Å²) in [5.41, 5.74) is 0.739. The standard InChI is InChI=1S/C14H10F2O2/c1-8-12(14(17)18)6-10(7-13(8)16)9-3-2-4-11(15)5-9/h2-7H,1H3,(H,17,18). The quantitative estimate of drug-likeness (QED) is 0.880. The van der Waals surface area contributed by atoms with Crippen LogP contribution in [0, 0.1) is 18.6 Å². The number of carboxylic acids is 1. The Balaban J connectivity index is 2.63. The van der Waals surface area contributed by atoms with Crippen molar-refractivity contribution in [2.24, 2.45) is 0 Å². The van der Waals surface area contributed by atoms with Gasteiger partial charge < -0.3 is 5.11 Å². The summed E-state index contributed by atoms with van der Waals surface area (Å²) >= 11 is 0. The summed E-state index contributed by atoms with van der Waals surface area (Å²) in [6.45, 7) is 1.40. The summed E-state index contributed by atoms with van der Waals surface area (Å²) in [5.74, 6) is -2.27. The lowest BCUT2D eigenvalue weighted by atomic mass is 9.99. The van der Waals surface area contributed by atoms with Gasteiger partial charge >= 0.3 is 5.97 Å². The van der Waals surface area contributed by atoms with E-state index in [1.807, 2.05) is 0 Å². The highest BCUT2D eigenvalue weighted by Crippen LogP contribution is 2.25. The van der Waals surface area contributed by atoms with Gasteiger partial charge in [0.25, 0.3) is 0 Å². The van der Waals surface area contributed by atoms with Crippen molar-refractivity contribution in [3.8, 4) is 11.1 Å². The minimum absolute atomic E-state index is 0.0719. The van der Waals surface area contributed by atoms with Crippen LogP contribution >= 0.6 is 0 Å². The van der Waals surface area contributed by atoms with Crippen LogP contribution in [0.15, 0.2) is 36.4 Å². The Morgan fingerprint density at radius 3 is 2.44 bits per heavy atom. The second-order valence-electron chi connectivity index (χ2n) is 3.95. The van der Waals surface area contributed by atoms with E-state index in [0.717, 1.165) is 0 Å². The monoisotopic (exact) mass is 248 g/mol. The van der Waals surface area contributed by atoms with Crippen molar-refractivity contribution in [2.45, 2.75) is 6.92 Å². The van der Waals surface area contributed by atoms with Crippen LogP contribution in [0.4, 0.5) is 8.78 Å². The molecule has 0 aliphatic rings. The van der Waals surface area contributed by atoms with Gasteiger partial charge in [0, 0.05) is 0 Å². The number of carboxylic acid groups (broad SMARTS) is 1. The molecule has 0 aromatic heterocycles. The van der Waals surface area contributed by atoms with E-state index < -0.39 is 17.6 Å². The lowest BCUT2D eigenvalue weighted by Gasteiger charge is -2.07. The molecule has 0 aliphatic carbocycles. The first kappa shape index (κ1) is 12.2. The fourth-order valence-corrected chi connectivity index (χ4v) is 1.74. The Labute approximate surface area is 103 Å². The molecule has 0 atom stereocenters. The Morgan fingerprint density at radius 2 is 1.83 bits per heavy atom. The number of hydrogen-bond donors (Lipinski definition) is 1. The molecule has 2 aromatic rings. The summed E-state index contributed by atoms with van der Waals surface area (Å²) in [6.07, 6.45) is 0. The summed E-state index contributed by atoms with van der Waals surface area (Å²) in [7, 11) is 0. The summed E-state index contributed by atoms with van der Waals surface area (Å²) < 4.78 is 26.7. The number of hydrogen-bond acceptors (Lipinski definition) is 1. The van der Waals surface area contributed by atoms with E-state index >= 15 is 0 Å². The van der Waals surface area contributed by atoms with E-state index in [-0.39, 0.29) is 11.1 Å². The second kappa shape index (κ2) is 4.56. The van der Waals surface area contributed by atoms with Crippen molar-refractivity contribution < 1.29 is 18.7 Å². The average molecular weight is 248 g/mol. The Bertz CT molecular complexity index is 621. The minimum atomic E-state index is -1.20. The molecule has 0 saturated carbocycles. The molecule has 0 radical (unpaired) electrons. The minimum Gasteiger partial charge on any atom is -0.478 e. The number of halogens is 2. The largest absolute Gasteiger partial charge is 0.478 e. The van der Waals surface area contributed by atoms with Crippen LogP contribution in [-0.4, -0.2) is 11.1 Å². The number of aromatic carboxylic acids is 1. The molecule has 0 fully saturated rings. The highest BCUT2D eigenvalue weighted by molar-refractivity contribution is 5.91. The summed E-state index contributed by atoms with van der Waals surface area (Å²) in [5, 5.41) is 8.98. The molecule has 0 aliphatic heterocycles. The molecule has 0 heterocycles. The van der Waals surface area contributed by atoms with Crippen molar-refractivity contribution in [3.05, 3.63) is 59.2 Å². The fraction of sp³-hybridized carbons (Fsp3) is 0.0714. The van der Waals surface area contributed by atoms with Crippen LogP contribution in [0.3, 0.4) is 0 Å². The zero-order valence-electron chi connectivity index (χ0n) is 9.58. The van der Waals surface area contributed by atoms with Gasteiger partial charge in [0.1, 0.15) is 11.6 Å². The molecule has 2 aromatic carbocycles. The van der Waals surface area contributed by atoms with Gasteiger partial charge in [0.05, 0.1) is 5.56 Å². The van der Waals surface area contributed by atoms with Gasteiger partial charge in [-0.3, -0.25) is 0 Å². The number of rotatable bonds is 2. The number of benzene rings is 2. The molecule has 0 unspecified atom stereocenters. The Morgan fingerprint density at radius 1 is 1.11 bits per heavy atom. The molecule has 0 spiro atoms. The lowest BCUT2D eigenvalue weighted by molar-refractivity contribution is 0.0695. The highest BCUT2D eigenvalue weighted by Gasteiger charge is 2.13. The maximum Gasteiger partial charge on any atom is 0.336 e. The van der Waals surface area contributed by atoms with Gasteiger partial charge in [0.15, 0.2) is 0 Å². The highest BCUT2D eigenvalue weighted by atomic mass is 19.1. The molecule has 0 bridgehead atoms. The SMILES string of the molecule is Cc1c(F)cc(-c2cccc(F)c2)cc1C(=O)O. The molecule has 0 saturated heterocycles. The van der Waals surface area contributed by atoms with Crippen LogP contribution in [-0.2, 0) is 0 Å². The summed E-state index contributed by atoms with van der Waals surface area (Å²) in [6, 6.07) is 8.13. The van der Waals surface area contributed by atoms with E-state index in [9.17, 15) is 13.6 Å². The topological polar surface area (TPSA) is 37.3 Å². The smallest absolute Gasteiger partial charge is 0.336 e. The van der Waals surface area contributed by atoms with Crippen LogP contribution in [0.5, 0.6) is 0 Å². The van der Waals surface area contributed by atoms with Crippen LogP contribution in [0.2, 0.25) is 0 Å². The van der Waals surface area contributed by atoms with E-state index in [4.69, 9.17) is 5.11 Å². The third-order valence-corrected chi connectivity index (χ3v) is 2.73. The maximum atomic E-state index is 13.6. The molecule has 92 valence electrons. The third-order valence-electron chi connectivity index (χ3n) is 2.73. The average Bonchev–Trinajstić information content (AvgIpc) is 2.32. The van der Waals surface area contributed by atoms with Gasteiger partial charge in [-0.05, 0) is 47.9 Å². The molecular formula is C14H10F2O2. The van der Waals surface area contributed by atoms with Gasteiger partial charge in [-0.25, -0.2) is 13.6 Å². The van der Waals surface area contributed by atoms with Crippen LogP contribution in [0.25, 0.3) is 11.1 Å². The molecule has 2 nitrogen and oxygen atoms in total. The first-order valence-electron chi connectivity index (χ1n) is 5.28. The molecule has 18 heavy (non-hydrogen) atoms. The third kappa shape index (κ3) is 2.22. The predicted molar refractivity (Wildman–Crippen MR) is 63.5 cm³/mol. The zero-order chi connectivity index (χ0) is 13.3. The van der Waals surface area contributed by atoms with Gasteiger partial charge in [-0.15, -0.1) is 0 Å². The van der Waals surface area contributed by atoms with Crippen molar-refractivity contribution in [1.82, 2.24) is 0 Å². The Kier molecular flexibility index (Phi) is 3.10. The maximum absolute atomic E-state index is 13.6. The van der Waals surface area contributed by atoms with Crippen LogP contribution < -0.4 is 0 Å². The first-order chi connectivity index (χ1) is 8.49. The van der Waals surface area contributed by atoms with Crippen molar-refractivity contribution >= 4 is 5.97 Å². The number of carbonyl (C=O) groups is 1. The lowest BCUT2D eigenvalue weighted by Crippen LogP contribution is -2.02. The van der Waals surface area contributed by atoms with Crippen molar-refractivity contribution in [2.75, 3.05) is 0 Å². The molecular weight excluding hydrogens is 238 g/mol. The van der Waals surface area contributed by atoms with Gasteiger partial charge in [-0.2, -0.15) is 0 Å². The van der Waals surface area contributed by atoms with Gasteiger partial charge in [0.2, 0.25) is 0 Å². The summed E-state index contributed by atoms with van der Waals surface area (Å²) in [4.78, 5) is 11.0.